The van der Waals surface area contributed by atoms with Gasteiger partial charge in [0, 0.05) is 25.2 Å². The molecule has 2 aromatic rings. The van der Waals surface area contributed by atoms with Gasteiger partial charge in [-0.05, 0) is 63.4 Å². The second-order valence-electron chi connectivity index (χ2n) is 7.03. The van der Waals surface area contributed by atoms with E-state index in [4.69, 9.17) is 4.98 Å². The Bertz CT molecular complexity index is 638. The average Bonchev–Trinajstić information content (AvgIpc) is 2.94. The van der Waals surface area contributed by atoms with Crippen LogP contribution in [-0.4, -0.2) is 40.2 Å². The summed E-state index contributed by atoms with van der Waals surface area (Å²) in [4.78, 5) is 9.54. The fourth-order valence-electron chi connectivity index (χ4n) is 3.99. The predicted octanol–water partition coefficient (Wildman–Crippen LogP) is 2.12. The van der Waals surface area contributed by atoms with Crippen LogP contribution in [0.4, 0.5) is 0 Å². The van der Waals surface area contributed by atoms with Gasteiger partial charge < -0.3 is 15.2 Å². The predicted molar refractivity (Wildman–Crippen MR) is 92.5 cm³/mol. The highest BCUT2D eigenvalue weighted by molar-refractivity contribution is 5.71. The van der Waals surface area contributed by atoms with Crippen molar-refractivity contribution in [3.05, 3.63) is 24.2 Å². The van der Waals surface area contributed by atoms with Crippen LogP contribution < -0.4 is 10.6 Å². The molecule has 0 radical (unpaired) electrons. The molecule has 2 aliphatic rings. The minimum atomic E-state index is 0.576. The van der Waals surface area contributed by atoms with Crippen molar-refractivity contribution in [2.45, 2.75) is 51.1 Å². The Morgan fingerprint density at radius 2 is 2.04 bits per heavy atom. The van der Waals surface area contributed by atoms with E-state index in [2.05, 4.69) is 26.3 Å². The summed E-state index contributed by atoms with van der Waals surface area (Å²) in [5, 5.41) is 7.12. The molecule has 0 saturated carbocycles. The summed E-state index contributed by atoms with van der Waals surface area (Å²) >= 11 is 0. The van der Waals surface area contributed by atoms with Crippen LogP contribution in [0.25, 0.3) is 11.2 Å². The zero-order valence-electron chi connectivity index (χ0n) is 13.8. The summed E-state index contributed by atoms with van der Waals surface area (Å²) < 4.78 is 2.40. The molecule has 1 atom stereocenters. The van der Waals surface area contributed by atoms with Crippen molar-refractivity contribution in [1.29, 1.82) is 0 Å². The number of hydrogen-bond donors (Lipinski definition) is 2. The monoisotopic (exact) mass is 313 g/mol. The first-order valence-corrected chi connectivity index (χ1v) is 9.14. The van der Waals surface area contributed by atoms with Gasteiger partial charge in [0.1, 0.15) is 11.3 Å². The maximum atomic E-state index is 4.92. The van der Waals surface area contributed by atoms with Gasteiger partial charge in [0.25, 0.3) is 0 Å². The summed E-state index contributed by atoms with van der Waals surface area (Å²) in [6, 6.07) is 4.67. The van der Waals surface area contributed by atoms with E-state index < -0.39 is 0 Å². The minimum absolute atomic E-state index is 0.576. The molecule has 1 unspecified atom stereocenters. The van der Waals surface area contributed by atoms with Crippen LogP contribution in [0.3, 0.4) is 0 Å². The molecule has 0 aliphatic carbocycles. The molecule has 2 aliphatic heterocycles. The molecule has 5 heteroatoms. The van der Waals surface area contributed by atoms with Gasteiger partial charge >= 0.3 is 0 Å². The third-order valence-corrected chi connectivity index (χ3v) is 5.32. The molecule has 0 amide bonds. The molecule has 0 aromatic carbocycles. The molecule has 0 spiro atoms. The highest BCUT2D eigenvalue weighted by Gasteiger charge is 2.21. The normalized spacial score (nSPS) is 23.4. The quantitative estimate of drug-likeness (QED) is 0.908. The van der Waals surface area contributed by atoms with Crippen molar-refractivity contribution in [2.24, 2.45) is 5.92 Å². The zero-order valence-corrected chi connectivity index (χ0v) is 13.8. The number of imidazole rings is 1. The lowest BCUT2D eigenvalue weighted by molar-refractivity contribution is 0.327. The van der Waals surface area contributed by atoms with Crippen LogP contribution in [-0.2, 0) is 13.0 Å². The molecule has 2 fully saturated rings. The van der Waals surface area contributed by atoms with Crippen molar-refractivity contribution in [2.75, 3.05) is 19.6 Å². The molecule has 4 heterocycles. The van der Waals surface area contributed by atoms with Gasteiger partial charge in [-0.25, -0.2) is 9.97 Å². The van der Waals surface area contributed by atoms with Gasteiger partial charge in [0.05, 0.1) is 0 Å². The molecule has 0 bridgehead atoms. The lowest BCUT2D eigenvalue weighted by Crippen LogP contribution is -2.36. The van der Waals surface area contributed by atoms with E-state index in [1.54, 1.807) is 0 Å². The number of aromatic nitrogens is 3. The van der Waals surface area contributed by atoms with E-state index in [1.165, 1.54) is 37.9 Å². The van der Waals surface area contributed by atoms with Crippen LogP contribution in [0.1, 0.15) is 37.9 Å². The number of piperidine rings is 2. The SMILES string of the molecule is c1cnc2c(c1)nc(CC1CCCCN1)n2CC1CCNCC1. The van der Waals surface area contributed by atoms with Gasteiger partial charge in [0.2, 0.25) is 0 Å². The van der Waals surface area contributed by atoms with Crippen LogP contribution in [0.5, 0.6) is 0 Å². The standard InChI is InChI=1S/C18H27N5/c1-2-8-20-15(4-1)12-17-22-16-5-3-9-21-18(16)23(17)13-14-6-10-19-11-7-14/h3,5,9,14-15,19-20H,1-2,4,6-8,10-13H2. The maximum absolute atomic E-state index is 4.92. The Hall–Kier alpha value is -1.46. The Balaban J connectivity index is 1.60. The first kappa shape index (κ1) is 15.1. The number of nitrogens with one attached hydrogen (secondary N) is 2. The third kappa shape index (κ3) is 3.40. The molecular formula is C18H27N5. The molecule has 2 N–H and O–H groups in total. The average molecular weight is 313 g/mol. The van der Waals surface area contributed by atoms with Gasteiger partial charge in [0.15, 0.2) is 5.65 Å². The van der Waals surface area contributed by atoms with Gasteiger partial charge in [-0.1, -0.05) is 6.42 Å². The Labute approximate surface area is 137 Å². The summed E-state index contributed by atoms with van der Waals surface area (Å²) in [5.41, 5.74) is 2.11. The molecule has 124 valence electrons. The molecule has 23 heavy (non-hydrogen) atoms. The van der Waals surface area contributed by atoms with E-state index in [0.29, 0.717) is 6.04 Å². The smallest absolute Gasteiger partial charge is 0.159 e. The number of hydrogen-bond acceptors (Lipinski definition) is 4. The second kappa shape index (κ2) is 6.97. The Morgan fingerprint density at radius 3 is 2.87 bits per heavy atom. The highest BCUT2D eigenvalue weighted by Crippen LogP contribution is 2.22. The van der Waals surface area contributed by atoms with Gasteiger partial charge in [-0.3, -0.25) is 0 Å². The summed E-state index contributed by atoms with van der Waals surface area (Å²) in [5.74, 6) is 1.96. The van der Waals surface area contributed by atoms with Crippen molar-refractivity contribution in [3.63, 3.8) is 0 Å². The van der Waals surface area contributed by atoms with Crippen molar-refractivity contribution in [1.82, 2.24) is 25.2 Å². The maximum Gasteiger partial charge on any atom is 0.159 e. The summed E-state index contributed by atoms with van der Waals surface area (Å²) in [7, 11) is 0. The molecule has 2 saturated heterocycles. The second-order valence-corrected chi connectivity index (χ2v) is 7.03. The lowest BCUT2D eigenvalue weighted by atomic mass is 9.97. The van der Waals surface area contributed by atoms with E-state index in [-0.39, 0.29) is 0 Å². The number of nitrogens with zero attached hydrogens (tertiary/aromatic N) is 3. The van der Waals surface area contributed by atoms with Gasteiger partial charge in [-0.2, -0.15) is 0 Å². The van der Waals surface area contributed by atoms with E-state index in [9.17, 15) is 0 Å². The van der Waals surface area contributed by atoms with Crippen LogP contribution in [0.2, 0.25) is 0 Å². The molecule has 4 rings (SSSR count). The number of pyridine rings is 1. The fourth-order valence-corrected chi connectivity index (χ4v) is 3.99. The highest BCUT2D eigenvalue weighted by atomic mass is 15.1. The minimum Gasteiger partial charge on any atom is -0.317 e. The van der Waals surface area contributed by atoms with Crippen LogP contribution in [0.15, 0.2) is 18.3 Å². The Kier molecular flexibility index (Phi) is 4.57. The van der Waals surface area contributed by atoms with Crippen LogP contribution in [0, 0.1) is 5.92 Å². The summed E-state index contributed by atoms with van der Waals surface area (Å²) in [6.45, 7) is 4.50. The van der Waals surface area contributed by atoms with Crippen molar-refractivity contribution >= 4 is 11.2 Å². The number of rotatable bonds is 4. The molecule has 2 aromatic heterocycles. The van der Waals surface area contributed by atoms with Gasteiger partial charge in [-0.15, -0.1) is 0 Å². The number of fused-ring (bicyclic) bond motifs is 1. The zero-order chi connectivity index (χ0) is 15.5. The van der Waals surface area contributed by atoms with Crippen molar-refractivity contribution < 1.29 is 0 Å². The fraction of sp³-hybridized carbons (Fsp3) is 0.667. The Morgan fingerprint density at radius 1 is 1.13 bits per heavy atom. The topological polar surface area (TPSA) is 54.8 Å². The first-order chi connectivity index (χ1) is 11.4. The van der Waals surface area contributed by atoms with E-state index in [0.717, 1.165) is 49.7 Å². The molecule has 5 nitrogen and oxygen atoms in total. The van der Waals surface area contributed by atoms with E-state index in [1.807, 2.05) is 12.3 Å². The van der Waals surface area contributed by atoms with Crippen LogP contribution >= 0.6 is 0 Å². The first-order valence-electron chi connectivity index (χ1n) is 9.14. The third-order valence-electron chi connectivity index (χ3n) is 5.32. The lowest BCUT2D eigenvalue weighted by Gasteiger charge is -2.26. The van der Waals surface area contributed by atoms with Crippen molar-refractivity contribution in [3.8, 4) is 0 Å². The molecular weight excluding hydrogens is 286 g/mol. The largest absolute Gasteiger partial charge is 0.317 e. The summed E-state index contributed by atoms with van der Waals surface area (Å²) in [6.07, 6.45) is 9.35. The van der Waals surface area contributed by atoms with E-state index >= 15 is 0 Å².